The second-order valence-corrected chi connectivity index (χ2v) is 5.61. The molecule has 0 aromatic heterocycles. The van der Waals surface area contributed by atoms with Gasteiger partial charge in [-0.25, -0.2) is 0 Å². The van der Waals surface area contributed by atoms with E-state index in [9.17, 15) is 0 Å². The van der Waals surface area contributed by atoms with Crippen LogP contribution in [0.1, 0.15) is 5.56 Å². The number of hydrogen-bond acceptors (Lipinski definition) is 1. The first kappa shape index (κ1) is 20.0. The largest absolute Gasteiger partial charge is 2.00 e. The molecule has 0 atom stereocenters. The van der Waals surface area contributed by atoms with E-state index in [0.29, 0.717) is 0 Å². The van der Waals surface area contributed by atoms with E-state index in [1.54, 1.807) is 0 Å². The van der Waals surface area contributed by atoms with E-state index < -0.39 is 0 Å². The minimum absolute atomic E-state index is 0. The first-order chi connectivity index (χ1) is 10.2. The third kappa shape index (κ3) is 6.62. The van der Waals surface area contributed by atoms with Gasteiger partial charge in [0.15, 0.2) is 0 Å². The molecule has 3 rings (SSSR count). The molecule has 2 aliphatic carbocycles. The Morgan fingerprint density at radius 2 is 1.36 bits per heavy atom. The van der Waals surface area contributed by atoms with Gasteiger partial charge < -0.3 is 4.90 Å². The van der Waals surface area contributed by atoms with Crippen LogP contribution in [0.3, 0.4) is 0 Å². The fraction of sp³-hybridized carbons (Fsp3) is 0.158. The van der Waals surface area contributed by atoms with Crippen LogP contribution in [0.4, 0.5) is 0 Å². The van der Waals surface area contributed by atoms with Crippen molar-refractivity contribution >= 4 is 11.6 Å². The summed E-state index contributed by atoms with van der Waals surface area (Å²) in [6.45, 7) is 0.963. The van der Waals surface area contributed by atoms with Crippen LogP contribution in [0, 0.1) is 63.2 Å². The Kier molecular flexibility index (Phi) is 9.75. The van der Waals surface area contributed by atoms with Gasteiger partial charge in [0.25, 0.3) is 0 Å². The number of halogens is 1. The molecular weight excluding hydrogens is 334 g/mol. The molecule has 0 unspecified atom stereocenters. The summed E-state index contributed by atoms with van der Waals surface area (Å²) in [5, 5.41) is 0.782. The van der Waals surface area contributed by atoms with Crippen LogP contribution in [0.2, 0.25) is 5.02 Å². The van der Waals surface area contributed by atoms with Crippen molar-refractivity contribution in [3.05, 3.63) is 98.1 Å². The predicted octanol–water partition coefficient (Wildman–Crippen LogP) is 4.04. The van der Waals surface area contributed by atoms with Gasteiger partial charge in [0, 0.05) is 23.4 Å². The Morgan fingerprint density at radius 1 is 0.818 bits per heavy atom. The van der Waals surface area contributed by atoms with Crippen LogP contribution < -0.4 is 0 Å². The molecule has 0 aliphatic heterocycles. The molecule has 2 fully saturated rings. The van der Waals surface area contributed by atoms with Crippen LogP contribution in [-0.2, 0) is 17.1 Å². The smallest absolute Gasteiger partial charge is 0.309 e. The molecule has 3 heteroatoms. The molecule has 1 aromatic carbocycles. The van der Waals surface area contributed by atoms with Crippen LogP contribution in [0.5, 0.6) is 0 Å². The Bertz CT molecular complexity index is 393. The van der Waals surface area contributed by atoms with Crippen molar-refractivity contribution in [3.63, 3.8) is 0 Å². The zero-order valence-electron chi connectivity index (χ0n) is 12.8. The van der Waals surface area contributed by atoms with Crippen molar-refractivity contribution in [2.45, 2.75) is 0 Å². The molecule has 0 saturated heterocycles. The molecule has 1 aromatic rings. The van der Waals surface area contributed by atoms with Gasteiger partial charge in [-0.2, -0.15) is 0 Å². The third-order valence-corrected chi connectivity index (χ3v) is 3.36. The molecule has 0 N–H and O–H groups in total. The molecule has 2 aliphatic rings. The summed E-state index contributed by atoms with van der Waals surface area (Å²) in [7, 11) is 4.16. The van der Waals surface area contributed by atoms with Crippen LogP contribution in [-0.4, -0.2) is 25.5 Å². The monoisotopic (exact) mass is 353 g/mol. The third-order valence-electron chi connectivity index (χ3n) is 3.10. The summed E-state index contributed by atoms with van der Waals surface area (Å²) in [5.74, 6) is 2.65. The zero-order valence-corrected chi connectivity index (χ0v) is 14.7. The minimum atomic E-state index is 0. The summed E-state index contributed by atoms with van der Waals surface area (Å²) in [5.41, 5.74) is 1.23. The van der Waals surface area contributed by atoms with Crippen molar-refractivity contribution in [1.82, 2.24) is 4.90 Å². The number of benzene rings is 1. The quantitative estimate of drug-likeness (QED) is 0.741. The fourth-order valence-electron chi connectivity index (χ4n) is 2.17. The van der Waals surface area contributed by atoms with Gasteiger partial charge in [-0.3, -0.25) is 0 Å². The molecule has 10 radical (unpaired) electrons. The Labute approximate surface area is 152 Å². The number of hydrogen-bond donors (Lipinski definition) is 0. The van der Waals surface area contributed by atoms with Gasteiger partial charge in [0.2, 0.25) is 0 Å². The van der Waals surface area contributed by atoms with E-state index in [4.69, 9.17) is 11.6 Å². The number of nitrogens with zero attached hydrogens (tertiary/aromatic N) is 1. The predicted molar refractivity (Wildman–Crippen MR) is 90.0 cm³/mol. The summed E-state index contributed by atoms with van der Waals surface area (Å²) < 4.78 is 0. The topological polar surface area (TPSA) is 3.24 Å². The van der Waals surface area contributed by atoms with Gasteiger partial charge in [-0.1, -0.05) is 23.7 Å². The second-order valence-electron chi connectivity index (χ2n) is 5.17. The number of rotatable bonds is 3. The first-order valence-electron chi connectivity index (χ1n) is 6.99. The molecule has 114 valence electrons. The molecule has 0 bridgehead atoms. The van der Waals surface area contributed by atoms with Crippen LogP contribution >= 0.6 is 11.6 Å². The van der Waals surface area contributed by atoms with Gasteiger partial charge in [0.05, 0.1) is 0 Å². The van der Waals surface area contributed by atoms with E-state index in [1.807, 2.05) is 44.2 Å². The Balaban J connectivity index is 0.000000344. The average Bonchev–Trinajstić information content (AvgIpc) is 3.13. The van der Waals surface area contributed by atoms with Crippen LogP contribution in [0.25, 0.3) is 0 Å². The first-order valence-corrected chi connectivity index (χ1v) is 7.36. The molecule has 0 heterocycles. The van der Waals surface area contributed by atoms with E-state index in [1.165, 1.54) is 17.4 Å². The van der Waals surface area contributed by atoms with E-state index in [2.05, 4.69) is 50.4 Å². The van der Waals surface area contributed by atoms with Crippen molar-refractivity contribution in [1.29, 1.82) is 0 Å². The van der Waals surface area contributed by atoms with Crippen molar-refractivity contribution in [2.75, 3.05) is 20.6 Å². The fourth-order valence-corrected chi connectivity index (χ4v) is 2.29. The van der Waals surface area contributed by atoms with Gasteiger partial charge in [-0.05, 0) is 83.2 Å². The SMILES string of the molecule is CN(C)C[C]1[CH][CH][CH][C]1c1ccc(Cl)cc1.[CH]1[CH][CH][CH][CH]1.[Fe+2]. The standard InChI is InChI=1S/C14H15ClN.C5H5.Fe/c1-16(2)10-12-4-3-5-14(12)11-6-8-13(15)9-7-11;1-2-4-5-3-1;/h3-9H,10H2,1-2H3;1-5H;/q;;+2. The van der Waals surface area contributed by atoms with Crippen molar-refractivity contribution in [3.8, 4) is 0 Å². The van der Waals surface area contributed by atoms with Gasteiger partial charge >= 0.3 is 17.1 Å². The molecular formula is C19H20ClFeN+2. The van der Waals surface area contributed by atoms with Gasteiger partial charge in [-0.15, -0.1) is 0 Å². The summed E-state index contributed by atoms with van der Waals surface area (Å²) >= 11 is 5.89. The summed E-state index contributed by atoms with van der Waals surface area (Å²) in [4.78, 5) is 2.18. The molecule has 22 heavy (non-hydrogen) atoms. The molecule has 1 nitrogen and oxygen atoms in total. The Morgan fingerprint density at radius 3 is 1.86 bits per heavy atom. The summed E-state index contributed by atoms with van der Waals surface area (Å²) in [6, 6.07) is 8.00. The maximum absolute atomic E-state index is 5.89. The zero-order chi connectivity index (χ0) is 15.1. The van der Waals surface area contributed by atoms with Gasteiger partial charge in [0.1, 0.15) is 0 Å². The molecule has 2 saturated carbocycles. The van der Waals surface area contributed by atoms with E-state index >= 15 is 0 Å². The Hall–Kier alpha value is -0.0105. The van der Waals surface area contributed by atoms with E-state index in [0.717, 1.165) is 11.6 Å². The molecule has 0 amide bonds. The molecule has 0 spiro atoms. The minimum Gasteiger partial charge on any atom is -0.309 e. The maximum Gasteiger partial charge on any atom is 2.00 e. The second kappa shape index (κ2) is 10.7. The van der Waals surface area contributed by atoms with Crippen LogP contribution in [0.15, 0.2) is 24.3 Å². The average molecular weight is 354 g/mol. The summed E-state index contributed by atoms with van der Waals surface area (Å²) in [6.07, 6.45) is 16.4. The van der Waals surface area contributed by atoms with Crippen molar-refractivity contribution in [2.24, 2.45) is 0 Å². The van der Waals surface area contributed by atoms with Crippen molar-refractivity contribution < 1.29 is 17.1 Å². The van der Waals surface area contributed by atoms with E-state index in [-0.39, 0.29) is 17.1 Å². The normalized spacial score (nSPS) is 18.9. The maximum atomic E-state index is 5.89.